The van der Waals surface area contributed by atoms with Crippen molar-refractivity contribution in [3.05, 3.63) is 12.1 Å². The summed E-state index contributed by atoms with van der Waals surface area (Å²) >= 11 is 0. The van der Waals surface area contributed by atoms with E-state index in [1.165, 1.54) is 0 Å². The fourth-order valence-electron chi connectivity index (χ4n) is 1.42. The van der Waals surface area contributed by atoms with Crippen molar-refractivity contribution in [3.63, 3.8) is 0 Å². The van der Waals surface area contributed by atoms with Crippen molar-refractivity contribution in [2.24, 2.45) is 7.05 Å². The van der Waals surface area contributed by atoms with Crippen LogP contribution >= 0.6 is 0 Å². The molecule has 0 amide bonds. The summed E-state index contributed by atoms with van der Waals surface area (Å²) in [7, 11) is 5.28. The van der Waals surface area contributed by atoms with Gasteiger partial charge < -0.3 is 10.1 Å². The minimum absolute atomic E-state index is 0.778. The predicted molar refractivity (Wildman–Crippen MR) is 54.6 cm³/mol. The molecule has 0 aliphatic carbocycles. The first-order valence-corrected chi connectivity index (χ1v) is 4.31. The molecule has 0 aliphatic rings. The van der Waals surface area contributed by atoms with Crippen LogP contribution in [0, 0.1) is 0 Å². The Labute approximate surface area is 81.7 Å². The molecule has 0 radical (unpaired) electrons. The molecule has 5 nitrogen and oxygen atoms in total. The molecule has 0 spiro atoms. The van der Waals surface area contributed by atoms with Crippen molar-refractivity contribution in [2.75, 3.05) is 19.5 Å². The van der Waals surface area contributed by atoms with Crippen LogP contribution in [0.15, 0.2) is 12.1 Å². The summed E-state index contributed by atoms with van der Waals surface area (Å²) in [4.78, 5) is 1.55. The predicted octanol–water partition coefficient (Wildman–Crippen LogP) is 1.02. The van der Waals surface area contributed by atoms with Gasteiger partial charge in [-0.05, 0) is 6.07 Å². The molecule has 5 heteroatoms. The van der Waals surface area contributed by atoms with E-state index in [9.17, 15) is 0 Å². The molecule has 1 heterocycles. The smallest absolute Gasteiger partial charge is 0.144 e. The van der Waals surface area contributed by atoms with E-state index in [-0.39, 0.29) is 0 Å². The minimum Gasteiger partial charge on any atom is -0.495 e. The van der Waals surface area contributed by atoms with Gasteiger partial charge in [-0.15, -0.1) is 0 Å². The third-order valence-electron chi connectivity index (χ3n) is 2.07. The van der Waals surface area contributed by atoms with E-state index in [1.807, 2.05) is 19.2 Å². The Bertz CT molecular complexity index is 422. The Morgan fingerprint density at radius 2 is 1.93 bits per heavy atom. The van der Waals surface area contributed by atoms with Gasteiger partial charge in [-0.3, -0.25) is 0 Å². The summed E-state index contributed by atoms with van der Waals surface area (Å²) in [5.41, 5.74) is 2.61. The Morgan fingerprint density at radius 1 is 1.29 bits per heavy atom. The van der Waals surface area contributed by atoms with Crippen LogP contribution in [0.1, 0.15) is 0 Å². The van der Waals surface area contributed by atoms with E-state index in [0.717, 1.165) is 22.5 Å². The number of anilines is 1. The van der Waals surface area contributed by atoms with Crippen LogP contribution in [0.5, 0.6) is 5.75 Å². The SMILES string of the molecule is CNc1cc2nn(C)nc2cc1OC. The van der Waals surface area contributed by atoms with Crippen LogP contribution in [0.4, 0.5) is 5.69 Å². The number of ether oxygens (including phenoxy) is 1. The fraction of sp³-hybridized carbons (Fsp3) is 0.333. The van der Waals surface area contributed by atoms with Crippen molar-refractivity contribution in [2.45, 2.75) is 0 Å². The highest BCUT2D eigenvalue weighted by molar-refractivity contribution is 5.82. The van der Waals surface area contributed by atoms with Crippen molar-refractivity contribution in [1.82, 2.24) is 15.0 Å². The van der Waals surface area contributed by atoms with Crippen LogP contribution in [0.25, 0.3) is 11.0 Å². The molecule has 0 saturated heterocycles. The number of nitrogens with zero attached hydrogens (tertiary/aromatic N) is 3. The molecule has 1 aromatic heterocycles. The average Bonchev–Trinajstić information content (AvgIpc) is 2.54. The van der Waals surface area contributed by atoms with Gasteiger partial charge >= 0.3 is 0 Å². The van der Waals surface area contributed by atoms with Gasteiger partial charge in [0, 0.05) is 20.2 Å². The number of aromatic nitrogens is 3. The highest BCUT2D eigenvalue weighted by atomic mass is 16.5. The van der Waals surface area contributed by atoms with Crippen LogP contribution in [0.3, 0.4) is 0 Å². The summed E-state index contributed by atoms with van der Waals surface area (Å²) < 4.78 is 5.21. The topological polar surface area (TPSA) is 52.0 Å². The van der Waals surface area contributed by atoms with Crippen molar-refractivity contribution in [1.29, 1.82) is 0 Å². The fourth-order valence-corrected chi connectivity index (χ4v) is 1.42. The molecular formula is C9H12N4O. The van der Waals surface area contributed by atoms with Crippen LogP contribution in [-0.4, -0.2) is 29.2 Å². The van der Waals surface area contributed by atoms with E-state index in [4.69, 9.17) is 4.74 Å². The highest BCUT2D eigenvalue weighted by Gasteiger charge is 2.07. The lowest BCUT2D eigenvalue weighted by Crippen LogP contribution is -1.93. The number of hydrogen-bond donors (Lipinski definition) is 1. The van der Waals surface area contributed by atoms with E-state index < -0.39 is 0 Å². The molecular weight excluding hydrogens is 180 g/mol. The van der Waals surface area contributed by atoms with E-state index in [1.54, 1.807) is 19.0 Å². The number of hydrogen-bond acceptors (Lipinski definition) is 4. The Hall–Kier alpha value is -1.78. The summed E-state index contributed by atoms with van der Waals surface area (Å²) in [5.74, 6) is 0.778. The maximum atomic E-state index is 5.21. The number of methoxy groups -OCH3 is 1. The van der Waals surface area contributed by atoms with Crippen LogP contribution in [-0.2, 0) is 7.05 Å². The third kappa shape index (κ3) is 1.26. The Morgan fingerprint density at radius 3 is 2.50 bits per heavy atom. The monoisotopic (exact) mass is 192 g/mol. The molecule has 2 rings (SSSR count). The summed E-state index contributed by atoms with van der Waals surface area (Å²) in [5, 5.41) is 11.4. The van der Waals surface area contributed by atoms with Gasteiger partial charge in [0.15, 0.2) is 0 Å². The Balaban J connectivity index is 2.68. The molecule has 0 unspecified atom stereocenters. The minimum atomic E-state index is 0.778. The number of nitrogens with one attached hydrogen (secondary N) is 1. The zero-order valence-electron chi connectivity index (χ0n) is 8.40. The molecule has 2 aromatic rings. The molecule has 1 N–H and O–H groups in total. The molecule has 14 heavy (non-hydrogen) atoms. The molecule has 0 aliphatic heterocycles. The zero-order valence-corrected chi connectivity index (χ0v) is 8.40. The standard InChI is InChI=1S/C9H12N4O/c1-10-8-4-6-7(5-9(8)14-3)12-13(2)11-6/h4-5,10H,1-3H3. The van der Waals surface area contributed by atoms with Crippen LogP contribution < -0.4 is 10.1 Å². The quantitative estimate of drug-likeness (QED) is 0.771. The largest absolute Gasteiger partial charge is 0.495 e. The van der Waals surface area contributed by atoms with E-state index in [0.29, 0.717) is 0 Å². The van der Waals surface area contributed by atoms with Crippen molar-refractivity contribution >= 4 is 16.7 Å². The van der Waals surface area contributed by atoms with Gasteiger partial charge in [-0.2, -0.15) is 15.0 Å². The van der Waals surface area contributed by atoms with Gasteiger partial charge in [0.2, 0.25) is 0 Å². The second kappa shape index (κ2) is 3.17. The molecule has 0 atom stereocenters. The van der Waals surface area contributed by atoms with Gasteiger partial charge in [0.25, 0.3) is 0 Å². The number of rotatable bonds is 2. The number of benzene rings is 1. The summed E-state index contributed by atoms with van der Waals surface area (Å²) in [6, 6.07) is 3.79. The summed E-state index contributed by atoms with van der Waals surface area (Å²) in [6.45, 7) is 0. The zero-order chi connectivity index (χ0) is 10.1. The molecule has 1 aromatic carbocycles. The van der Waals surface area contributed by atoms with Gasteiger partial charge in [-0.1, -0.05) is 0 Å². The number of aryl methyl sites for hydroxylation is 1. The Kier molecular flexibility index (Phi) is 1.99. The maximum absolute atomic E-state index is 5.21. The normalized spacial score (nSPS) is 10.5. The van der Waals surface area contributed by atoms with E-state index >= 15 is 0 Å². The third-order valence-corrected chi connectivity index (χ3v) is 2.07. The van der Waals surface area contributed by atoms with E-state index in [2.05, 4.69) is 15.5 Å². The maximum Gasteiger partial charge on any atom is 0.144 e. The first-order valence-electron chi connectivity index (χ1n) is 4.31. The lowest BCUT2D eigenvalue weighted by Gasteiger charge is -2.06. The molecule has 74 valence electrons. The summed E-state index contributed by atoms with van der Waals surface area (Å²) in [6.07, 6.45) is 0. The lowest BCUT2D eigenvalue weighted by atomic mass is 10.2. The molecule has 0 bridgehead atoms. The van der Waals surface area contributed by atoms with Gasteiger partial charge in [-0.25, -0.2) is 0 Å². The van der Waals surface area contributed by atoms with Crippen LogP contribution in [0.2, 0.25) is 0 Å². The first-order chi connectivity index (χ1) is 6.74. The van der Waals surface area contributed by atoms with Crippen molar-refractivity contribution in [3.8, 4) is 5.75 Å². The number of fused-ring (bicyclic) bond motifs is 1. The second-order valence-corrected chi connectivity index (χ2v) is 2.98. The lowest BCUT2D eigenvalue weighted by molar-refractivity contribution is 0.417. The van der Waals surface area contributed by atoms with Gasteiger partial charge in [0.05, 0.1) is 12.8 Å². The van der Waals surface area contributed by atoms with Crippen molar-refractivity contribution < 1.29 is 4.74 Å². The molecule has 0 fully saturated rings. The molecule has 0 saturated carbocycles. The second-order valence-electron chi connectivity index (χ2n) is 2.98. The first kappa shape index (κ1) is 8.80. The average molecular weight is 192 g/mol. The van der Waals surface area contributed by atoms with Gasteiger partial charge in [0.1, 0.15) is 16.8 Å². The highest BCUT2D eigenvalue weighted by Crippen LogP contribution is 2.27.